The Morgan fingerprint density at radius 2 is 1.68 bits per heavy atom. The predicted molar refractivity (Wildman–Crippen MR) is 131 cm³/mol. The lowest BCUT2D eigenvalue weighted by Gasteiger charge is -2.15. The third kappa shape index (κ3) is 4.74. The first kappa shape index (κ1) is 23.3. The number of para-hydroxylation sites is 1. The van der Waals surface area contributed by atoms with Crippen molar-refractivity contribution < 1.29 is 4.79 Å². The molecule has 4 aromatic rings. The predicted octanol–water partition coefficient (Wildman–Crippen LogP) is 3.71. The van der Waals surface area contributed by atoms with Crippen LogP contribution in [0.5, 0.6) is 0 Å². The van der Waals surface area contributed by atoms with Crippen LogP contribution in [-0.4, -0.2) is 15.0 Å². The van der Waals surface area contributed by atoms with Crippen LogP contribution in [0.2, 0.25) is 10.0 Å². The summed E-state index contributed by atoms with van der Waals surface area (Å²) in [5, 5.41) is 13.3. The Balaban J connectivity index is 1.69. The number of nitriles is 1. The number of halogens is 2. The first-order chi connectivity index (χ1) is 16.4. The van der Waals surface area contributed by atoms with Crippen molar-refractivity contribution >= 4 is 40.0 Å². The molecule has 1 heterocycles. The zero-order valence-electron chi connectivity index (χ0n) is 17.8. The summed E-state index contributed by atoms with van der Waals surface area (Å²) in [4.78, 5) is 39.0. The minimum absolute atomic E-state index is 0.0748. The molecule has 0 saturated heterocycles. The molecule has 0 bridgehead atoms. The van der Waals surface area contributed by atoms with Crippen molar-refractivity contribution in [2.75, 3.05) is 0 Å². The first-order valence-corrected chi connectivity index (χ1v) is 11.1. The van der Waals surface area contributed by atoms with Crippen LogP contribution in [0.25, 0.3) is 10.9 Å². The molecule has 0 atom stereocenters. The van der Waals surface area contributed by atoms with Gasteiger partial charge >= 0.3 is 5.69 Å². The van der Waals surface area contributed by atoms with E-state index in [0.717, 1.165) is 4.57 Å². The van der Waals surface area contributed by atoms with Crippen molar-refractivity contribution in [3.05, 3.63) is 114 Å². The average molecular weight is 493 g/mol. The van der Waals surface area contributed by atoms with Gasteiger partial charge in [0.25, 0.3) is 5.56 Å². The Hall–Kier alpha value is -3.86. The maximum absolute atomic E-state index is 13.3. The van der Waals surface area contributed by atoms with E-state index in [1.165, 1.54) is 4.57 Å². The van der Waals surface area contributed by atoms with Crippen LogP contribution in [0.15, 0.2) is 76.3 Å². The minimum atomic E-state index is -0.642. The highest BCUT2D eigenvalue weighted by Gasteiger charge is 2.16. The standard InChI is InChI=1S/C25H18Cl2N4O3/c26-19-10-9-17(21(27)11-19)13-29-23(32)15-31-24(33)20-7-3-4-8-22(20)30(25(31)34)14-18-6-2-1-5-16(18)12-28/h1-11H,13-15H2,(H,29,32). The summed E-state index contributed by atoms with van der Waals surface area (Å²) >= 11 is 12.0. The van der Waals surface area contributed by atoms with Gasteiger partial charge in [-0.2, -0.15) is 5.26 Å². The Morgan fingerprint density at radius 1 is 0.941 bits per heavy atom. The largest absolute Gasteiger partial charge is 0.350 e. The second-order valence-electron chi connectivity index (χ2n) is 7.56. The summed E-state index contributed by atoms with van der Waals surface area (Å²) in [6.45, 7) is -0.278. The second-order valence-corrected chi connectivity index (χ2v) is 8.40. The lowest BCUT2D eigenvalue weighted by molar-refractivity contribution is -0.121. The van der Waals surface area contributed by atoms with E-state index in [1.54, 1.807) is 66.7 Å². The first-order valence-electron chi connectivity index (χ1n) is 10.3. The lowest BCUT2D eigenvalue weighted by Crippen LogP contribution is -2.44. The zero-order valence-corrected chi connectivity index (χ0v) is 19.3. The summed E-state index contributed by atoms with van der Waals surface area (Å²) in [7, 11) is 0. The average Bonchev–Trinajstić information content (AvgIpc) is 2.84. The van der Waals surface area contributed by atoms with E-state index in [9.17, 15) is 19.6 Å². The van der Waals surface area contributed by atoms with Gasteiger partial charge in [-0.15, -0.1) is 0 Å². The number of fused-ring (bicyclic) bond motifs is 1. The summed E-state index contributed by atoms with van der Waals surface area (Å²) in [6, 6.07) is 20.6. The van der Waals surface area contributed by atoms with Crippen molar-refractivity contribution in [2.45, 2.75) is 19.6 Å². The second kappa shape index (κ2) is 9.96. The van der Waals surface area contributed by atoms with Crippen molar-refractivity contribution in [1.82, 2.24) is 14.5 Å². The highest BCUT2D eigenvalue weighted by Crippen LogP contribution is 2.20. The molecule has 3 aromatic carbocycles. The third-order valence-corrected chi connectivity index (χ3v) is 5.98. The molecule has 1 amide bonds. The quantitative estimate of drug-likeness (QED) is 0.443. The van der Waals surface area contributed by atoms with Crippen LogP contribution < -0.4 is 16.6 Å². The Bertz CT molecular complexity index is 1570. The van der Waals surface area contributed by atoms with Gasteiger partial charge in [0.15, 0.2) is 0 Å². The molecule has 4 rings (SSSR count). The number of nitrogens with zero attached hydrogens (tertiary/aromatic N) is 3. The fourth-order valence-electron chi connectivity index (χ4n) is 3.66. The van der Waals surface area contributed by atoms with Crippen LogP contribution in [0.3, 0.4) is 0 Å². The number of hydrogen-bond donors (Lipinski definition) is 1. The topological polar surface area (TPSA) is 96.9 Å². The van der Waals surface area contributed by atoms with Gasteiger partial charge in [0, 0.05) is 16.6 Å². The number of rotatable bonds is 6. The van der Waals surface area contributed by atoms with Crippen molar-refractivity contribution in [2.24, 2.45) is 0 Å². The van der Waals surface area contributed by atoms with Crippen molar-refractivity contribution in [1.29, 1.82) is 5.26 Å². The van der Waals surface area contributed by atoms with Crippen molar-refractivity contribution in [3.8, 4) is 6.07 Å². The molecular weight excluding hydrogens is 475 g/mol. The normalized spacial score (nSPS) is 10.7. The highest BCUT2D eigenvalue weighted by atomic mass is 35.5. The third-order valence-electron chi connectivity index (χ3n) is 5.39. The molecule has 1 N–H and O–H groups in total. The summed E-state index contributed by atoms with van der Waals surface area (Å²) in [5.74, 6) is -0.524. The van der Waals surface area contributed by atoms with E-state index in [-0.39, 0.29) is 13.1 Å². The molecule has 7 nitrogen and oxygen atoms in total. The number of carbonyl (C=O) groups excluding carboxylic acids is 1. The number of benzene rings is 3. The molecule has 0 unspecified atom stereocenters. The van der Waals surface area contributed by atoms with Gasteiger partial charge in [-0.25, -0.2) is 4.79 Å². The van der Waals surface area contributed by atoms with Crippen LogP contribution in [-0.2, 0) is 24.4 Å². The van der Waals surface area contributed by atoms with Gasteiger partial charge in [0.1, 0.15) is 6.54 Å². The summed E-state index contributed by atoms with van der Waals surface area (Å²) in [5.41, 5.74) is 0.921. The van der Waals surface area contributed by atoms with E-state index in [4.69, 9.17) is 23.2 Å². The highest BCUT2D eigenvalue weighted by molar-refractivity contribution is 6.35. The van der Waals surface area contributed by atoms with Gasteiger partial charge in [-0.3, -0.25) is 18.7 Å². The Kier molecular flexibility index (Phi) is 6.82. The maximum atomic E-state index is 13.3. The molecule has 0 radical (unpaired) electrons. The van der Waals surface area contributed by atoms with Gasteiger partial charge in [-0.1, -0.05) is 59.6 Å². The minimum Gasteiger partial charge on any atom is -0.350 e. The van der Waals surface area contributed by atoms with Gasteiger partial charge in [0.05, 0.1) is 29.1 Å². The molecular formula is C25H18Cl2N4O3. The van der Waals surface area contributed by atoms with Crippen molar-refractivity contribution in [3.63, 3.8) is 0 Å². The van der Waals surface area contributed by atoms with E-state index >= 15 is 0 Å². The molecule has 34 heavy (non-hydrogen) atoms. The SMILES string of the molecule is N#Cc1ccccc1Cn1c(=O)n(CC(=O)NCc2ccc(Cl)cc2Cl)c(=O)c2ccccc21. The molecule has 0 spiro atoms. The van der Waals surface area contributed by atoms with Crippen LogP contribution in [0.1, 0.15) is 16.7 Å². The number of amides is 1. The van der Waals surface area contributed by atoms with Crippen LogP contribution >= 0.6 is 23.2 Å². The van der Waals surface area contributed by atoms with Crippen LogP contribution in [0, 0.1) is 11.3 Å². The Labute approximate surface area is 204 Å². The molecule has 0 fully saturated rings. The maximum Gasteiger partial charge on any atom is 0.332 e. The molecule has 0 aliphatic carbocycles. The fraction of sp³-hybridized carbons (Fsp3) is 0.120. The number of carbonyl (C=O) groups is 1. The van der Waals surface area contributed by atoms with Crippen LogP contribution in [0.4, 0.5) is 0 Å². The molecule has 1 aromatic heterocycles. The van der Waals surface area contributed by atoms with Gasteiger partial charge in [0.2, 0.25) is 5.91 Å². The van der Waals surface area contributed by atoms with E-state index in [2.05, 4.69) is 11.4 Å². The van der Waals surface area contributed by atoms with E-state index < -0.39 is 23.7 Å². The van der Waals surface area contributed by atoms with Gasteiger partial charge in [-0.05, 0) is 41.5 Å². The summed E-state index contributed by atoms with van der Waals surface area (Å²) in [6.07, 6.45) is 0. The van der Waals surface area contributed by atoms with Gasteiger partial charge < -0.3 is 5.32 Å². The fourth-order valence-corrected chi connectivity index (χ4v) is 4.13. The van der Waals surface area contributed by atoms with E-state index in [1.807, 2.05) is 0 Å². The number of aromatic nitrogens is 2. The molecule has 0 aliphatic heterocycles. The Morgan fingerprint density at radius 3 is 2.44 bits per heavy atom. The number of nitrogens with one attached hydrogen (secondary N) is 1. The zero-order chi connectivity index (χ0) is 24.2. The lowest BCUT2D eigenvalue weighted by atomic mass is 10.1. The molecule has 170 valence electrons. The molecule has 9 heteroatoms. The molecule has 0 saturated carbocycles. The van der Waals surface area contributed by atoms with E-state index in [0.29, 0.717) is 37.6 Å². The smallest absolute Gasteiger partial charge is 0.332 e. The number of hydrogen-bond acceptors (Lipinski definition) is 4. The molecule has 0 aliphatic rings. The monoisotopic (exact) mass is 492 g/mol. The summed E-state index contributed by atoms with van der Waals surface area (Å²) < 4.78 is 2.30.